The first kappa shape index (κ1) is 10.9. The number of unbranched alkanes of at least 4 members (excludes halogenated alkanes) is 3. The molecule has 0 aliphatic carbocycles. The van der Waals surface area contributed by atoms with Crippen molar-refractivity contribution >= 4 is 11.8 Å². The van der Waals surface area contributed by atoms with Crippen LogP contribution < -0.4 is 0 Å². The van der Waals surface area contributed by atoms with E-state index in [0.717, 1.165) is 12.8 Å². The van der Waals surface area contributed by atoms with E-state index in [1.165, 1.54) is 25.0 Å². The monoisotopic (exact) mass is 170 g/mol. The average Bonchev–Trinajstić information content (AvgIpc) is 2.03. The highest BCUT2D eigenvalue weighted by molar-refractivity contribution is 7.98. The molecule has 64 valence electrons. The Morgan fingerprint density at radius 2 is 1.91 bits per heavy atom. The van der Waals surface area contributed by atoms with Crippen molar-refractivity contribution in [2.75, 3.05) is 12.0 Å². The van der Waals surface area contributed by atoms with E-state index < -0.39 is 0 Å². The summed E-state index contributed by atoms with van der Waals surface area (Å²) in [4.78, 5) is 0. The van der Waals surface area contributed by atoms with E-state index in [4.69, 9.17) is 0 Å². The summed E-state index contributed by atoms with van der Waals surface area (Å²) in [5, 5.41) is 0. The van der Waals surface area contributed by atoms with E-state index in [2.05, 4.69) is 25.0 Å². The van der Waals surface area contributed by atoms with Gasteiger partial charge in [0.1, 0.15) is 0 Å². The van der Waals surface area contributed by atoms with E-state index in [9.17, 15) is 0 Å². The lowest BCUT2D eigenvalue weighted by molar-refractivity contribution is 0.743. The molecular weight excluding hydrogens is 152 g/mol. The maximum absolute atomic E-state index is 3.16. The SMILES string of the molecule is CCC#CCCCCCSC. The molecule has 1 heteroatoms. The molecular formula is C10H18S. The molecule has 0 radical (unpaired) electrons. The topological polar surface area (TPSA) is 0 Å². The van der Waals surface area contributed by atoms with Crippen molar-refractivity contribution in [3.8, 4) is 11.8 Å². The second-order valence-corrected chi connectivity index (χ2v) is 3.50. The maximum Gasteiger partial charge on any atom is 0.00886 e. The summed E-state index contributed by atoms with van der Waals surface area (Å²) in [6, 6.07) is 0. The second kappa shape index (κ2) is 9.91. The molecule has 0 saturated heterocycles. The molecule has 0 unspecified atom stereocenters. The third-order valence-corrected chi connectivity index (χ3v) is 2.15. The van der Waals surface area contributed by atoms with Gasteiger partial charge in [-0.25, -0.2) is 0 Å². The van der Waals surface area contributed by atoms with Crippen molar-refractivity contribution in [1.82, 2.24) is 0 Å². The van der Waals surface area contributed by atoms with Crippen molar-refractivity contribution in [3.05, 3.63) is 0 Å². The van der Waals surface area contributed by atoms with Gasteiger partial charge < -0.3 is 0 Å². The van der Waals surface area contributed by atoms with Crippen molar-refractivity contribution in [2.24, 2.45) is 0 Å². The third-order valence-electron chi connectivity index (χ3n) is 1.45. The Bertz CT molecular complexity index is 119. The quantitative estimate of drug-likeness (QED) is 0.450. The van der Waals surface area contributed by atoms with Gasteiger partial charge in [-0.1, -0.05) is 13.3 Å². The summed E-state index contributed by atoms with van der Waals surface area (Å²) in [6.07, 6.45) is 8.26. The van der Waals surface area contributed by atoms with Crippen molar-refractivity contribution < 1.29 is 0 Å². The fraction of sp³-hybridized carbons (Fsp3) is 0.800. The highest BCUT2D eigenvalue weighted by atomic mass is 32.2. The first-order valence-electron chi connectivity index (χ1n) is 4.36. The van der Waals surface area contributed by atoms with Gasteiger partial charge in [-0.15, -0.1) is 11.8 Å². The van der Waals surface area contributed by atoms with Crippen LogP contribution in [0, 0.1) is 11.8 Å². The van der Waals surface area contributed by atoms with Gasteiger partial charge in [0, 0.05) is 12.8 Å². The number of rotatable bonds is 5. The molecule has 0 spiro atoms. The van der Waals surface area contributed by atoms with Crippen LogP contribution in [0.25, 0.3) is 0 Å². The number of thioether (sulfide) groups is 1. The highest BCUT2D eigenvalue weighted by Gasteiger charge is 1.85. The molecule has 0 bridgehead atoms. The normalized spacial score (nSPS) is 8.91. The van der Waals surface area contributed by atoms with Gasteiger partial charge in [-0.05, 0) is 24.9 Å². The summed E-state index contributed by atoms with van der Waals surface area (Å²) < 4.78 is 0. The van der Waals surface area contributed by atoms with Crippen LogP contribution in [0.4, 0.5) is 0 Å². The molecule has 0 aliphatic heterocycles. The van der Waals surface area contributed by atoms with Crippen LogP contribution >= 0.6 is 11.8 Å². The minimum Gasteiger partial charge on any atom is -0.165 e. The van der Waals surface area contributed by atoms with Gasteiger partial charge >= 0.3 is 0 Å². The standard InChI is InChI=1S/C10H18S/c1-3-4-5-6-7-8-9-10-11-2/h3,6-10H2,1-2H3. The molecule has 11 heavy (non-hydrogen) atoms. The van der Waals surface area contributed by atoms with E-state index in [1.807, 2.05) is 11.8 Å². The van der Waals surface area contributed by atoms with Crippen LogP contribution in [0.1, 0.15) is 39.0 Å². The zero-order chi connectivity index (χ0) is 8.36. The molecule has 0 heterocycles. The molecule has 0 aliphatic rings. The lowest BCUT2D eigenvalue weighted by Gasteiger charge is -1.94. The van der Waals surface area contributed by atoms with Gasteiger partial charge in [0.25, 0.3) is 0 Å². The van der Waals surface area contributed by atoms with Gasteiger partial charge in [-0.2, -0.15) is 11.8 Å². The Balaban J connectivity index is 2.90. The minimum absolute atomic E-state index is 1.00. The first-order chi connectivity index (χ1) is 5.41. The third kappa shape index (κ3) is 9.91. The fourth-order valence-electron chi connectivity index (χ4n) is 0.850. The Morgan fingerprint density at radius 3 is 2.55 bits per heavy atom. The average molecular weight is 170 g/mol. The maximum atomic E-state index is 3.16. The zero-order valence-corrected chi connectivity index (χ0v) is 8.47. The fourth-order valence-corrected chi connectivity index (χ4v) is 1.34. The largest absolute Gasteiger partial charge is 0.165 e. The molecule has 0 atom stereocenters. The molecule has 0 saturated carbocycles. The molecule has 0 rings (SSSR count). The van der Waals surface area contributed by atoms with Crippen LogP contribution in [0.3, 0.4) is 0 Å². The van der Waals surface area contributed by atoms with Crippen LogP contribution in [0.2, 0.25) is 0 Å². The van der Waals surface area contributed by atoms with Crippen molar-refractivity contribution in [3.63, 3.8) is 0 Å². The van der Waals surface area contributed by atoms with Crippen LogP contribution in [0.5, 0.6) is 0 Å². The summed E-state index contributed by atoms with van der Waals surface area (Å²) in [6.45, 7) is 2.10. The zero-order valence-electron chi connectivity index (χ0n) is 7.65. The van der Waals surface area contributed by atoms with Crippen LogP contribution in [-0.4, -0.2) is 12.0 Å². The molecule has 0 amide bonds. The highest BCUT2D eigenvalue weighted by Crippen LogP contribution is 2.03. The first-order valence-corrected chi connectivity index (χ1v) is 5.75. The Labute approximate surface area is 75.1 Å². The predicted molar refractivity (Wildman–Crippen MR) is 54.9 cm³/mol. The van der Waals surface area contributed by atoms with Crippen molar-refractivity contribution in [2.45, 2.75) is 39.0 Å². The molecule has 0 N–H and O–H groups in total. The molecule has 0 aromatic rings. The Morgan fingerprint density at radius 1 is 1.09 bits per heavy atom. The van der Waals surface area contributed by atoms with E-state index in [0.29, 0.717) is 0 Å². The smallest absolute Gasteiger partial charge is 0.00886 e. The second-order valence-electron chi connectivity index (χ2n) is 2.51. The lowest BCUT2D eigenvalue weighted by atomic mass is 10.2. The van der Waals surface area contributed by atoms with E-state index in [-0.39, 0.29) is 0 Å². The predicted octanol–water partition coefficient (Wildman–Crippen LogP) is 3.32. The summed E-state index contributed by atoms with van der Waals surface area (Å²) in [5.74, 6) is 7.55. The van der Waals surface area contributed by atoms with Crippen LogP contribution in [0.15, 0.2) is 0 Å². The number of hydrogen-bond donors (Lipinski definition) is 0. The minimum atomic E-state index is 1.00. The van der Waals surface area contributed by atoms with Gasteiger partial charge in [0.2, 0.25) is 0 Å². The lowest BCUT2D eigenvalue weighted by Crippen LogP contribution is -1.78. The molecule has 0 fully saturated rings. The molecule has 0 nitrogen and oxygen atoms in total. The number of hydrogen-bond acceptors (Lipinski definition) is 1. The molecule has 0 aromatic carbocycles. The van der Waals surface area contributed by atoms with Gasteiger partial charge in [-0.3, -0.25) is 0 Å². The summed E-state index contributed by atoms with van der Waals surface area (Å²) in [7, 11) is 0. The molecule has 0 aromatic heterocycles. The van der Waals surface area contributed by atoms with Crippen LogP contribution in [-0.2, 0) is 0 Å². The van der Waals surface area contributed by atoms with E-state index in [1.54, 1.807) is 0 Å². The van der Waals surface area contributed by atoms with Gasteiger partial charge in [0.15, 0.2) is 0 Å². The Hall–Kier alpha value is -0.0900. The summed E-state index contributed by atoms with van der Waals surface area (Å²) >= 11 is 1.93. The van der Waals surface area contributed by atoms with Crippen molar-refractivity contribution in [1.29, 1.82) is 0 Å². The van der Waals surface area contributed by atoms with E-state index >= 15 is 0 Å². The van der Waals surface area contributed by atoms with Gasteiger partial charge in [0.05, 0.1) is 0 Å². The Kier molecular flexibility index (Phi) is 9.83. The summed E-state index contributed by atoms with van der Waals surface area (Å²) in [5.41, 5.74) is 0.